The summed E-state index contributed by atoms with van der Waals surface area (Å²) in [5.74, 6) is -0.157. The molecular formula is C17H19BrN2O. The van der Waals surface area contributed by atoms with E-state index in [2.05, 4.69) is 28.2 Å². The van der Waals surface area contributed by atoms with Gasteiger partial charge in [0.2, 0.25) is 5.91 Å². The number of halogens is 1. The molecule has 1 atom stereocenters. The largest absolute Gasteiger partial charge is 0.324 e. The molecule has 0 spiro atoms. The van der Waals surface area contributed by atoms with Crippen molar-refractivity contribution >= 4 is 27.5 Å². The van der Waals surface area contributed by atoms with Crippen LogP contribution in [0.1, 0.15) is 18.1 Å². The quantitative estimate of drug-likeness (QED) is 0.870. The Hall–Kier alpha value is -1.65. The third-order valence-corrected chi connectivity index (χ3v) is 3.83. The number of hydrogen-bond acceptors (Lipinski definition) is 2. The molecule has 0 saturated carbocycles. The summed E-state index contributed by atoms with van der Waals surface area (Å²) >= 11 is 3.44. The molecular weight excluding hydrogens is 328 g/mol. The summed E-state index contributed by atoms with van der Waals surface area (Å²) in [6.45, 7) is 2.06. The molecule has 110 valence electrons. The van der Waals surface area contributed by atoms with Crippen LogP contribution >= 0.6 is 15.9 Å². The van der Waals surface area contributed by atoms with Gasteiger partial charge in [0.1, 0.15) is 0 Å². The Bertz CT molecular complexity index is 613. The van der Waals surface area contributed by atoms with E-state index < -0.39 is 6.04 Å². The second-order valence-corrected chi connectivity index (χ2v) is 5.86. The van der Waals surface area contributed by atoms with Gasteiger partial charge in [-0.05, 0) is 42.2 Å². The van der Waals surface area contributed by atoms with Crippen LogP contribution in [-0.2, 0) is 17.6 Å². The summed E-state index contributed by atoms with van der Waals surface area (Å²) in [5, 5.41) is 2.92. The fourth-order valence-electron chi connectivity index (χ4n) is 2.16. The summed E-state index contributed by atoms with van der Waals surface area (Å²) < 4.78 is 1.01. The monoisotopic (exact) mass is 346 g/mol. The molecule has 1 unspecified atom stereocenters. The van der Waals surface area contributed by atoms with Crippen LogP contribution in [0, 0.1) is 0 Å². The summed E-state index contributed by atoms with van der Waals surface area (Å²) in [5.41, 5.74) is 8.97. The van der Waals surface area contributed by atoms with Crippen LogP contribution in [0.5, 0.6) is 0 Å². The maximum Gasteiger partial charge on any atom is 0.241 e. The van der Waals surface area contributed by atoms with Gasteiger partial charge in [0, 0.05) is 10.2 Å². The lowest BCUT2D eigenvalue weighted by molar-refractivity contribution is -0.117. The molecule has 0 radical (unpaired) electrons. The van der Waals surface area contributed by atoms with Crippen LogP contribution in [0.4, 0.5) is 5.69 Å². The second kappa shape index (κ2) is 7.38. The summed E-state index contributed by atoms with van der Waals surface area (Å²) in [6, 6.07) is 15.1. The predicted molar refractivity (Wildman–Crippen MR) is 90.3 cm³/mol. The van der Waals surface area contributed by atoms with E-state index in [-0.39, 0.29) is 5.91 Å². The Kier molecular flexibility index (Phi) is 5.53. The first kappa shape index (κ1) is 15.7. The number of nitrogens with two attached hydrogens (primary N) is 1. The van der Waals surface area contributed by atoms with Crippen molar-refractivity contribution in [3.05, 3.63) is 64.1 Å². The lowest BCUT2D eigenvalue weighted by atomic mass is 10.1. The number of amides is 1. The van der Waals surface area contributed by atoms with Gasteiger partial charge in [0.25, 0.3) is 0 Å². The summed E-state index contributed by atoms with van der Waals surface area (Å²) in [7, 11) is 0. The first-order chi connectivity index (χ1) is 10.1. The molecule has 3 N–H and O–H groups in total. The molecule has 2 aromatic rings. The van der Waals surface area contributed by atoms with E-state index in [1.807, 2.05) is 48.5 Å². The Morgan fingerprint density at radius 3 is 2.62 bits per heavy atom. The van der Waals surface area contributed by atoms with Gasteiger partial charge in [-0.25, -0.2) is 0 Å². The van der Waals surface area contributed by atoms with Gasteiger partial charge in [-0.1, -0.05) is 53.2 Å². The molecule has 0 aliphatic rings. The van der Waals surface area contributed by atoms with Gasteiger partial charge in [-0.2, -0.15) is 0 Å². The van der Waals surface area contributed by atoms with E-state index in [4.69, 9.17) is 5.73 Å². The van der Waals surface area contributed by atoms with Crippen LogP contribution in [0.3, 0.4) is 0 Å². The second-order valence-electron chi connectivity index (χ2n) is 4.94. The molecule has 0 aliphatic carbocycles. The molecule has 0 aromatic heterocycles. The number of rotatable bonds is 5. The number of nitrogens with one attached hydrogen (secondary N) is 1. The predicted octanol–water partition coefficient (Wildman–Crippen LogP) is 3.52. The first-order valence-corrected chi connectivity index (χ1v) is 7.78. The van der Waals surface area contributed by atoms with Gasteiger partial charge in [0.15, 0.2) is 0 Å². The van der Waals surface area contributed by atoms with Crippen molar-refractivity contribution < 1.29 is 4.79 Å². The van der Waals surface area contributed by atoms with E-state index >= 15 is 0 Å². The van der Waals surface area contributed by atoms with E-state index in [0.29, 0.717) is 6.42 Å². The van der Waals surface area contributed by atoms with Crippen molar-refractivity contribution in [2.75, 3.05) is 5.32 Å². The fourth-order valence-corrected chi connectivity index (χ4v) is 2.57. The van der Waals surface area contributed by atoms with Gasteiger partial charge < -0.3 is 11.1 Å². The van der Waals surface area contributed by atoms with Gasteiger partial charge in [-0.15, -0.1) is 0 Å². The normalized spacial score (nSPS) is 12.0. The lowest BCUT2D eigenvalue weighted by Crippen LogP contribution is -2.37. The molecule has 0 saturated heterocycles. The molecule has 4 heteroatoms. The number of carbonyl (C=O) groups excluding carboxylic acids is 1. The van der Waals surface area contributed by atoms with E-state index in [0.717, 1.165) is 27.7 Å². The van der Waals surface area contributed by atoms with E-state index in [1.165, 1.54) is 0 Å². The van der Waals surface area contributed by atoms with E-state index in [9.17, 15) is 4.79 Å². The Balaban J connectivity index is 2.04. The van der Waals surface area contributed by atoms with Gasteiger partial charge in [-0.3, -0.25) is 4.79 Å². The standard InChI is InChI=1S/C17H19BrN2O/c1-2-13-11-14(18)8-9-16(13)20-17(21)15(19)10-12-6-4-3-5-7-12/h3-9,11,15H,2,10,19H2,1H3,(H,20,21). The Morgan fingerprint density at radius 1 is 1.24 bits per heavy atom. The van der Waals surface area contributed by atoms with Crippen LogP contribution in [0.15, 0.2) is 53.0 Å². The van der Waals surface area contributed by atoms with E-state index in [1.54, 1.807) is 0 Å². The van der Waals surface area contributed by atoms with Crippen LogP contribution in [0.2, 0.25) is 0 Å². The van der Waals surface area contributed by atoms with Gasteiger partial charge >= 0.3 is 0 Å². The summed E-state index contributed by atoms with van der Waals surface area (Å²) in [4.78, 5) is 12.2. The zero-order valence-corrected chi connectivity index (χ0v) is 13.6. The van der Waals surface area contributed by atoms with Crippen LogP contribution in [-0.4, -0.2) is 11.9 Å². The fraction of sp³-hybridized carbons (Fsp3) is 0.235. The number of benzene rings is 2. The zero-order valence-electron chi connectivity index (χ0n) is 12.0. The lowest BCUT2D eigenvalue weighted by Gasteiger charge is -2.15. The van der Waals surface area contributed by atoms with Crippen molar-refractivity contribution in [1.29, 1.82) is 0 Å². The number of anilines is 1. The number of hydrogen-bond donors (Lipinski definition) is 2. The number of carbonyl (C=O) groups is 1. The molecule has 2 aromatic carbocycles. The van der Waals surface area contributed by atoms with Gasteiger partial charge in [0.05, 0.1) is 6.04 Å². The minimum Gasteiger partial charge on any atom is -0.324 e. The molecule has 0 aliphatic heterocycles. The van der Waals surface area contributed by atoms with Crippen molar-refractivity contribution in [2.24, 2.45) is 5.73 Å². The topological polar surface area (TPSA) is 55.1 Å². The summed E-state index contributed by atoms with van der Waals surface area (Å²) in [6.07, 6.45) is 1.38. The Labute approximate surface area is 133 Å². The SMILES string of the molecule is CCc1cc(Br)ccc1NC(=O)C(N)Cc1ccccc1. The zero-order chi connectivity index (χ0) is 15.2. The molecule has 0 heterocycles. The molecule has 0 fully saturated rings. The van der Waals surface area contributed by atoms with Crippen molar-refractivity contribution in [2.45, 2.75) is 25.8 Å². The van der Waals surface area contributed by atoms with Crippen molar-refractivity contribution in [1.82, 2.24) is 0 Å². The first-order valence-electron chi connectivity index (χ1n) is 6.99. The average molecular weight is 347 g/mol. The number of aryl methyl sites for hydroxylation is 1. The highest BCUT2D eigenvalue weighted by molar-refractivity contribution is 9.10. The average Bonchev–Trinajstić information content (AvgIpc) is 2.49. The van der Waals surface area contributed by atoms with Crippen LogP contribution < -0.4 is 11.1 Å². The molecule has 0 bridgehead atoms. The van der Waals surface area contributed by atoms with Crippen molar-refractivity contribution in [3.63, 3.8) is 0 Å². The minimum absolute atomic E-state index is 0.157. The maximum absolute atomic E-state index is 12.2. The minimum atomic E-state index is -0.555. The highest BCUT2D eigenvalue weighted by Gasteiger charge is 2.15. The molecule has 3 nitrogen and oxygen atoms in total. The third kappa shape index (κ3) is 4.41. The molecule has 1 amide bonds. The third-order valence-electron chi connectivity index (χ3n) is 3.34. The molecule has 2 rings (SSSR count). The maximum atomic E-state index is 12.2. The Morgan fingerprint density at radius 2 is 1.95 bits per heavy atom. The highest BCUT2D eigenvalue weighted by Crippen LogP contribution is 2.21. The van der Waals surface area contributed by atoms with Crippen molar-refractivity contribution in [3.8, 4) is 0 Å². The highest BCUT2D eigenvalue weighted by atomic mass is 79.9. The molecule has 21 heavy (non-hydrogen) atoms. The van der Waals surface area contributed by atoms with Crippen LogP contribution in [0.25, 0.3) is 0 Å². The smallest absolute Gasteiger partial charge is 0.241 e.